The van der Waals surface area contributed by atoms with E-state index in [1.807, 2.05) is 0 Å². The number of nitrogens with zero attached hydrogens (tertiary/aromatic N) is 1. The van der Waals surface area contributed by atoms with Crippen LogP contribution in [-0.4, -0.2) is 33.0 Å². The Morgan fingerprint density at radius 3 is 2.00 bits per heavy atom. The van der Waals surface area contributed by atoms with Gasteiger partial charge in [-0.05, 0) is 55.0 Å². The number of halogens is 1. The minimum absolute atomic E-state index is 0.160. The Bertz CT molecular complexity index is 929. The van der Waals surface area contributed by atoms with Crippen molar-refractivity contribution in [2.45, 2.75) is 19.8 Å². The predicted molar refractivity (Wildman–Crippen MR) is 112 cm³/mol. The molecule has 0 unspecified atom stereocenters. The third-order valence-corrected chi connectivity index (χ3v) is 5.22. The van der Waals surface area contributed by atoms with Gasteiger partial charge in [0.1, 0.15) is 0 Å². The van der Waals surface area contributed by atoms with Gasteiger partial charge in [-0.1, -0.05) is 11.6 Å². The van der Waals surface area contributed by atoms with Crippen LogP contribution in [-0.2, 0) is 19.6 Å². The Hall–Kier alpha value is -2.58. The van der Waals surface area contributed by atoms with Crippen LogP contribution in [0, 0.1) is 0 Å². The highest BCUT2D eigenvalue weighted by Gasteiger charge is 2.17. The van der Waals surface area contributed by atoms with E-state index in [0.29, 0.717) is 28.5 Å². The summed E-state index contributed by atoms with van der Waals surface area (Å²) in [4.78, 5) is 23.1. The molecule has 0 spiro atoms. The van der Waals surface area contributed by atoms with Crippen molar-refractivity contribution in [2.75, 3.05) is 27.7 Å². The van der Waals surface area contributed by atoms with Crippen molar-refractivity contribution in [3.63, 3.8) is 0 Å². The van der Waals surface area contributed by atoms with E-state index in [0.717, 1.165) is 6.26 Å². The zero-order valence-electron chi connectivity index (χ0n) is 15.6. The van der Waals surface area contributed by atoms with Gasteiger partial charge in [0.2, 0.25) is 21.8 Å². The van der Waals surface area contributed by atoms with Crippen molar-refractivity contribution in [3.05, 3.63) is 53.6 Å². The van der Waals surface area contributed by atoms with Crippen molar-refractivity contribution in [3.8, 4) is 0 Å². The first kappa shape index (κ1) is 21.7. The first-order valence-corrected chi connectivity index (χ1v) is 10.8. The maximum Gasteiger partial charge on any atom is 0.232 e. The lowest BCUT2D eigenvalue weighted by Crippen LogP contribution is -2.31. The highest BCUT2D eigenvalue weighted by Crippen LogP contribution is 2.21. The monoisotopic (exact) mass is 423 g/mol. The fourth-order valence-electron chi connectivity index (χ4n) is 2.54. The minimum atomic E-state index is -3.48. The second-order valence-corrected chi connectivity index (χ2v) is 8.57. The minimum Gasteiger partial charge on any atom is -0.326 e. The summed E-state index contributed by atoms with van der Waals surface area (Å²) in [6.07, 6.45) is 1.64. The van der Waals surface area contributed by atoms with Gasteiger partial charge < -0.3 is 10.6 Å². The van der Waals surface area contributed by atoms with Gasteiger partial charge >= 0.3 is 0 Å². The number of carbonyl (C=O) groups excluding carboxylic acids is 2. The molecule has 0 heterocycles. The summed E-state index contributed by atoms with van der Waals surface area (Å²) in [6, 6.07) is 13.2. The van der Waals surface area contributed by atoms with Gasteiger partial charge in [-0.15, -0.1) is 0 Å². The molecule has 0 aliphatic carbocycles. The lowest BCUT2D eigenvalue weighted by molar-refractivity contribution is -0.116. The van der Waals surface area contributed by atoms with Crippen LogP contribution in [0.3, 0.4) is 0 Å². The fourth-order valence-corrected chi connectivity index (χ4v) is 3.63. The van der Waals surface area contributed by atoms with Crippen molar-refractivity contribution in [1.82, 2.24) is 0 Å². The fraction of sp³-hybridized carbons (Fsp3) is 0.263. The number of sulfonamides is 1. The topological polar surface area (TPSA) is 95.6 Å². The lowest BCUT2D eigenvalue weighted by Gasteiger charge is -2.22. The number of carbonyl (C=O) groups is 2. The van der Waals surface area contributed by atoms with E-state index in [1.165, 1.54) is 11.2 Å². The summed E-state index contributed by atoms with van der Waals surface area (Å²) in [7, 11) is -3.48. The molecule has 0 aliphatic rings. The van der Waals surface area contributed by atoms with Gasteiger partial charge in [0.05, 0.1) is 11.9 Å². The molecule has 0 aliphatic heterocycles. The molecule has 2 aromatic rings. The molecule has 0 bridgehead atoms. The van der Waals surface area contributed by atoms with Crippen molar-refractivity contribution < 1.29 is 18.0 Å². The Balaban J connectivity index is 1.90. The molecule has 9 heteroatoms. The zero-order valence-corrected chi connectivity index (χ0v) is 17.2. The van der Waals surface area contributed by atoms with Crippen LogP contribution in [0.25, 0.3) is 0 Å². The van der Waals surface area contributed by atoms with E-state index in [-0.39, 0.29) is 24.8 Å². The summed E-state index contributed by atoms with van der Waals surface area (Å²) < 4.78 is 25.4. The average molecular weight is 424 g/mol. The van der Waals surface area contributed by atoms with Crippen LogP contribution in [0.5, 0.6) is 0 Å². The highest BCUT2D eigenvalue weighted by molar-refractivity contribution is 7.92. The second kappa shape index (κ2) is 9.57. The number of benzene rings is 2. The number of hydrogen-bond acceptors (Lipinski definition) is 4. The first-order valence-electron chi connectivity index (χ1n) is 8.56. The van der Waals surface area contributed by atoms with Crippen LogP contribution in [0.1, 0.15) is 19.8 Å². The normalized spacial score (nSPS) is 11.0. The van der Waals surface area contributed by atoms with Crippen LogP contribution in [0.15, 0.2) is 48.5 Å². The first-order chi connectivity index (χ1) is 13.1. The molecule has 0 atom stereocenters. The number of anilines is 3. The summed E-state index contributed by atoms with van der Waals surface area (Å²) >= 11 is 5.85. The summed E-state index contributed by atoms with van der Waals surface area (Å²) in [5.41, 5.74) is 1.73. The maximum absolute atomic E-state index is 12.1. The number of nitrogens with one attached hydrogen (secondary N) is 2. The Labute approximate surface area is 169 Å². The van der Waals surface area contributed by atoms with Gasteiger partial charge in [0.15, 0.2) is 0 Å². The molecule has 0 saturated carbocycles. The largest absolute Gasteiger partial charge is 0.326 e. The third kappa shape index (κ3) is 6.86. The zero-order chi connectivity index (χ0) is 20.7. The van der Waals surface area contributed by atoms with Gasteiger partial charge in [-0.25, -0.2) is 8.42 Å². The molecule has 150 valence electrons. The van der Waals surface area contributed by atoms with Crippen LogP contribution >= 0.6 is 11.6 Å². The van der Waals surface area contributed by atoms with E-state index in [2.05, 4.69) is 10.6 Å². The molecular formula is C19H22ClN3O4S. The average Bonchev–Trinajstić information content (AvgIpc) is 2.60. The van der Waals surface area contributed by atoms with Crippen molar-refractivity contribution in [2.24, 2.45) is 0 Å². The van der Waals surface area contributed by atoms with E-state index in [4.69, 9.17) is 11.6 Å². The second-order valence-electron chi connectivity index (χ2n) is 6.22. The summed E-state index contributed by atoms with van der Waals surface area (Å²) in [6.45, 7) is 1.59. The van der Waals surface area contributed by atoms with Gasteiger partial charge in [-0.3, -0.25) is 13.9 Å². The molecule has 2 aromatic carbocycles. The lowest BCUT2D eigenvalue weighted by atomic mass is 10.2. The quantitative estimate of drug-likeness (QED) is 0.679. The molecule has 7 nitrogen and oxygen atoms in total. The Morgan fingerprint density at radius 1 is 0.964 bits per heavy atom. The number of amides is 2. The van der Waals surface area contributed by atoms with Gasteiger partial charge in [-0.2, -0.15) is 0 Å². The van der Waals surface area contributed by atoms with Gasteiger partial charge in [0, 0.05) is 36.3 Å². The number of hydrogen-bond donors (Lipinski definition) is 2. The predicted octanol–water partition coefficient (Wildman–Crippen LogP) is 3.48. The summed E-state index contributed by atoms with van der Waals surface area (Å²) in [5, 5.41) is 5.90. The molecule has 2 N–H and O–H groups in total. The third-order valence-electron chi connectivity index (χ3n) is 3.77. The SMILES string of the molecule is CC(=O)Nc1ccc(NC(=O)CCCN(c2ccc(Cl)cc2)S(C)(=O)=O)cc1. The molecule has 0 aromatic heterocycles. The molecule has 2 rings (SSSR count). The van der Waals surface area contributed by atoms with E-state index < -0.39 is 10.0 Å². The summed E-state index contributed by atoms with van der Waals surface area (Å²) in [5.74, 6) is -0.398. The number of rotatable bonds is 8. The maximum atomic E-state index is 12.1. The molecule has 2 amide bonds. The molecule has 0 radical (unpaired) electrons. The smallest absolute Gasteiger partial charge is 0.232 e. The van der Waals surface area contributed by atoms with Crippen molar-refractivity contribution >= 4 is 50.5 Å². The van der Waals surface area contributed by atoms with E-state index in [1.54, 1.807) is 48.5 Å². The van der Waals surface area contributed by atoms with Crippen LogP contribution in [0.2, 0.25) is 5.02 Å². The molecular weight excluding hydrogens is 402 g/mol. The molecule has 0 saturated heterocycles. The Kier molecular flexibility index (Phi) is 7.42. The van der Waals surface area contributed by atoms with Crippen LogP contribution in [0.4, 0.5) is 17.1 Å². The molecule has 28 heavy (non-hydrogen) atoms. The van der Waals surface area contributed by atoms with Gasteiger partial charge in [0.25, 0.3) is 0 Å². The van der Waals surface area contributed by atoms with E-state index >= 15 is 0 Å². The van der Waals surface area contributed by atoms with Crippen molar-refractivity contribution in [1.29, 1.82) is 0 Å². The Morgan fingerprint density at radius 2 is 1.50 bits per heavy atom. The highest BCUT2D eigenvalue weighted by atomic mass is 35.5. The standard InChI is InChI=1S/C19H22ClN3O4S/c1-14(24)21-16-7-9-17(10-8-16)22-19(25)4-3-13-23(28(2,26)27)18-11-5-15(20)6-12-18/h5-12H,3-4,13H2,1-2H3,(H,21,24)(H,22,25). The molecule has 0 fully saturated rings. The van der Waals surface area contributed by atoms with Crippen LogP contribution < -0.4 is 14.9 Å². The van der Waals surface area contributed by atoms with E-state index in [9.17, 15) is 18.0 Å².